The quantitative estimate of drug-likeness (QED) is 0.223. The van der Waals surface area contributed by atoms with Gasteiger partial charge in [-0.2, -0.15) is 13.2 Å². The third kappa shape index (κ3) is 5.47. The minimum absolute atomic E-state index is 0.0140. The summed E-state index contributed by atoms with van der Waals surface area (Å²) in [6, 6.07) is 9.04. The van der Waals surface area contributed by atoms with E-state index in [1.807, 2.05) is 0 Å². The highest BCUT2D eigenvalue weighted by molar-refractivity contribution is 5.84. The van der Waals surface area contributed by atoms with Crippen molar-refractivity contribution in [2.45, 2.75) is 6.18 Å². The Labute approximate surface area is 158 Å². The Morgan fingerprint density at radius 2 is 1.61 bits per heavy atom. The number of rotatable bonds is 6. The molecule has 0 radical (unpaired) electrons. The van der Waals surface area contributed by atoms with Crippen LogP contribution in [-0.4, -0.2) is 18.7 Å². The Balaban J connectivity index is 2.27. The highest BCUT2D eigenvalue weighted by Gasteiger charge is 2.35. The summed E-state index contributed by atoms with van der Waals surface area (Å²) >= 11 is 0. The average molecular weight is 392 g/mol. The molecule has 2 rings (SSSR count). The normalized spacial score (nSPS) is 10.7. The van der Waals surface area contributed by atoms with Crippen LogP contribution in [0.4, 0.5) is 18.0 Å². The van der Waals surface area contributed by atoms with Crippen LogP contribution in [0.2, 0.25) is 0 Å². The zero-order valence-corrected chi connectivity index (χ0v) is 14.5. The fourth-order valence-electron chi connectivity index (χ4n) is 2.14. The van der Waals surface area contributed by atoms with Gasteiger partial charge in [0.1, 0.15) is 18.1 Å². The molecule has 28 heavy (non-hydrogen) atoms. The van der Waals surface area contributed by atoms with E-state index in [0.29, 0.717) is 5.56 Å². The molecule has 0 unspecified atom stereocenters. The van der Waals surface area contributed by atoms with Gasteiger partial charge in [-0.05, 0) is 35.4 Å². The predicted octanol–water partition coefficient (Wildman–Crippen LogP) is 5.17. The van der Waals surface area contributed by atoms with Crippen LogP contribution in [0.25, 0.3) is 11.1 Å². The predicted molar refractivity (Wildman–Crippen MR) is 94.9 cm³/mol. The molecule has 0 fully saturated rings. The zero-order chi connectivity index (χ0) is 20.7. The number of esters is 1. The number of ether oxygens (including phenoxy) is 3. The van der Waals surface area contributed by atoms with Crippen LogP contribution in [0, 0.1) is 0 Å². The molecule has 0 saturated heterocycles. The van der Waals surface area contributed by atoms with Crippen molar-refractivity contribution in [2.75, 3.05) is 6.61 Å². The molecule has 0 saturated carbocycles. The molecule has 0 aliphatic carbocycles. The van der Waals surface area contributed by atoms with Crippen LogP contribution in [0.1, 0.15) is 5.56 Å². The van der Waals surface area contributed by atoms with Gasteiger partial charge in [-0.25, -0.2) is 9.59 Å². The van der Waals surface area contributed by atoms with E-state index in [0.717, 1.165) is 18.2 Å². The Morgan fingerprint density at radius 1 is 0.964 bits per heavy atom. The molecule has 8 heteroatoms. The van der Waals surface area contributed by atoms with Crippen molar-refractivity contribution < 1.29 is 37.0 Å². The van der Waals surface area contributed by atoms with Crippen LogP contribution < -0.4 is 9.47 Å². The summed E-state index contributed by atoms with van der Waals surface area (Å²) in [4.78, 5) is 22.6. The zero-order valence-electron chi connectivity index (χ0n) is 14.5. The lowest BCUT2D eigenvalue weighted by molar-refractivity contribution is -0.140. The molecule has 0 aromatic heterocycles. The highest BCUT2D eigenvalue weighted by atomic mass is 19.4. The number of carbonyl (C=O) groups is 2. The van der Waals surface area contributed by atoms with Crippen molar-refractivity contribution in [1.82, 2.24) is 0 Å². The summed E-state index contributed by atoms with van der Waals surface area (Å²) in [5, 5.41) is 0. The number of benzene rings is 2. The minimum atomic E-state index is -4.73. The summed E-state index contributed by atoms with van der Waals surface area (Å²) in [5.41, 5.74) is -0.445. The third-order valence-electron chi connectivity index (χ3n) is 3.37. The third-order valence-corrected chi connectivity index (χ3v) is 3.37. The molecule has 2 aromatic carbocycles. The summed E-state index contributed by atoms with van der Waals surface area (Å²) in [5.74, 6) is -1.46. The molecule has 0 N–H and O–H groups in total. The van der Waals surface area contributed by atoms with Gasteiger partial charge in [-0.15, -0.1) is 0 Å². The first-order valence-electron chi connectivity index (χ1n) is 7.86. The Hall–Kier alpha value is -3.55. The summed E-state index contributed by atoms with van der Waals surface area (Å²) in [6.07, 6.45) is -3.52. The van der Waals surface area contributed by atoms with Gasteiger partial charge in [0.2, 0.25) is 0 Å². The Kier molecular flexibility index (Phi) is 6.59. The minimum Gasteiger partial charge on any atom is -0.430 e. The Morgan fingerprint density at radius 3 is 2.18 bits per heavy atom. The molecular weight excluding hydrogens is 377 g/mol. The molecule has 5 nitrogen and oxygen atoms in total. The average Bonchev–Trinajstić information content (AvgIpc) is 2.66. The fourth-order valence-corrected chi connectivity index (χ4v) is 2.14. The van der Waals surface area contributed by atoms with Crippen LogP contribution in [0.3, 0.4) is 0 Å². The van der Waals surface area contributed by atoms with Crippen LogP contribution in [0.15, 0.2) is 67.8 Å². The van der Waals surface area contributed by atoms with Crippen LogP contribution >= 0.6 is 0 Å². The van der Waals surface area contributed by atoms with E-state index < -0.39 is 29.6 Å². The largest absolute Gasteiger partial charge is 0.514 e. The van der Waals surface area contributed by atoms with E-state index in [-0.39, 0.29) is 17.9 Å². The molecule has 2 aromatic rings. The van der Waals surface area contributed by atoms with Gasteiger partial charge in [-0.1, -0.05) is 37.4 Å². The first-order valence-corrected chi connectivity index (χ1v) is 7.86. The van der Waals surface area contributed by atoms with Crippen LogP contribution in [-0.2, 0) is 15.7 Å². The highest BCUT2D eigenvalue weighted by Crippen LogP contribution is 2.39. The second-order valence-corrected chi connectivity index (χ2v) is 5.31. The maximum Gasteiger partial charge on any atom is 0.514 e. The Bertz CT molecular complexity index is 886. The number of carbonyl (C=O) groups excluding carboxylic acids is 2. The SMILES string of the molecule is C=CCOC(=O)Oc1ccc(-c2ccc(OC(=O)C=C)c(C(F)(F)F)c2)cc1. The smallest absolute Gasteiger partial charge is 0.430 e. The standard InChI is InChI=1S/C20H15F3O5/c1-3-11-26-19(25)27-15-8-5-13(6-9-15)14-7-10-17(28-18(24)4-2)16(12-14)20(21,22)23/h3-10,12H,1-2,11H2. The number of hydrogen-bond acceptors (Lipinski definition) is 5. The van der Waals surface area contributed by atoms with E-state index in [1.165, 1.54) is 36.4 Å². The second kappa shape index (κ2) is 8.90. The van der Waals surface area contributed by atoms with E-state index >= 15 is 0 Å². The van der Waals surface area contributed by atoms with Gasteiger partial charge in [0.05, 0.1) is 5.56 Å². The lowest BCUT2D eigenvalue weighted by atomic mass is 10.0. The first kappa shape index (κ1) is 20.8. The second-order valence-electron chi connectivity index (χ2n) is 5.31. The molecule has 0 heterocycles. The summed E-state index contributed by atoms with van der Waals surface area (Å²) in [7, 11) is 0. The number of alkyl halides is 3. The van der Waals surface area contributed by atoms with Gasteiger partial charge < -0.3 is 14.2 Å². The lowest BCUT2D eigenvalue weighted by Crippen LogP contribution is -2.12. The van der Waals surface area contributed by atoms with Crippen molar-refractivity contribution in [3.63, 3.8) is 0 Å². The summed E-state index contributed by atoms with van der Waals surface area (Å²) < 4.78 is 54.2. The lowest BCUT2D eigenvalue weighted by Gasteiger charge is -2.14. The monoisotopic (exact) mass is 392 g/mol. The fraction of sp³-hybridized carbons (Fsp3) is 0.100. The van der Waals surface area contributed by atoms with Gasteiger partial charge >= 0.3 is 18.3 Å². The molecule has 0 amide bonds. The topological polar surface area (TPSA) is 61.8 Å². The van der Waals surface area contributed by atoms with Crippen molar-refractivity contribution in [1.29, 1.82) is 0 Å². The maximum absolute atomic E-state index is 13.3. The molecular formula is C20H15F3O5. The summed E-state index contributed by atoms with van der Waals surface area (Å²) in [6.45, 7) is 6.53. The maximum atomic E-state index is 13.3. The van der Waals surface area contributed by atoms with Crippen molar-refractivity contribution >= 4 is 12.1 Å². The number of halogens is 3. The van der Waals surface area contributed by atoms with E-state index in [4.69, 9.17) is 4.74 Å². The van der Waals surface area contributed by atoms with E-state index in [9.17, 15) is 22.8 Å². The van der Waals surface area contributed by atoms with Crippen LogP contribution in [0.5, 0.6) is 11.5 Å². The van der Waals surface area contributed by atoms with E-state index in [2.05, 4.69) is 22.6 Å². The van der Waals surface area contributed by atoms with Gasteiger partial charge in [-0.3, -0.25) is 0 Å². The molecule has 146 valence electrons. The molecule has 0 atom stereocenters. The molecule has 0 spiro atoms. The van der Waals surface area contributed by atoms with Crippen molar-refractivity contribution in [2.24, 2.45) is 0 Å². The molecule has 0 aliphatic rings. The van der Waals surface area contributed by atoms with Crippen molar-refractivity contribution in [3.8, 4) is 22.6 Å². The van der Waals surface area contributed by atoms with E-state index in [1.54, 1.807) is 0 Å². The molecule has 0 aliphatic heterocycles. The van der Waals surface area contributed by atoms with Crippen molar-refractivity contribution in [3.05, 3.63) is 73.3 Å². The first-order chi connectivity index (χ1) is 13.2. The number of hydrogen-bond donors (Lipinski definition) is 0. The van der Waals surface area contributed by atoms with Gasteiger partial charge in [0.15, 0.2) is 0 Å². The molecule has 0 bridgehead atoms. The van der Waals surface area contributed by atoms with Gasteiger partial charge in [0, 0.05) is 6.08 Å². The van der Waals surface area contributed by atoms with Gasteiger partial charge in [0.25, 0.3) is 0 Å².